The van der Waals surface area contributed by atoms with Gasteiger partial charge in [0.15, 0.2) is 0 Å². The number of anilines is 1. The fourth-order valence-electron chi connectivity index (χ4n) is 1.81. The van der Waals surface area contributed by atoms with Crippen LogP contribution in [0.25, 0.3) is 0 Å². The molecule has 0 aromatic heterocycles. The third kappa shape index (κ3) is 4.28. The Morgan fingerprint density at radius 3 is 2.68 bits per heavy atom. The van der Waals surface area contributed by atoms with Crippen LogP contribution in [0.1, 0.15) is 24.8 Å². The highest BCUT2D eigenvalue weighted by Gasteiger charge is 2.19. The molecule has 0 spiro atoms. The maximum absolute atomic E-state index is 12.2. The smallest absolute Gasteiger partial charge is 0.229 e. The molecule has 19 heavy (non-hydrogen) atoms. The molecule has 0 aliphatic rings. The first-order valence-electron chi connectivity index (χ1n) is 6.26. The number of likely N-dealkylation sites (N-methyl/N-ethyl adjacent to an activating group) is 1. The average Bonchev–Trinajstić information content (AvgIpc) is 2.42. The summed E-state index contributed by atoms with van der Waals surface area (Å²) in [6, 6.07) is 7.30. The van der Waals surface area contributed by atoms with Gasteiger partial charge in [0.05, 0.1) is 5.92 Å². The molecule has 104 valence electrons. The van der Waals surface area contributed by atoms with Crippen LogP contribution in [0.15, 0.2) is 24.3 Å². The average molecular weight is 263 g/mol. The lowest BCUT2D eigenvalue weighted by molar-refractivity contribution is -0.131. The highest BCUT2D eigenvalue weighted by molar-refractivity contribution is 5.84. The number of carbonyl (C=O) groups excluding carboxylic acids is 2. The first kappa shape index (κ1) is 15.0. The zero-order valence-electron chi connectivity index (χ0n) is 11.6. The second-order valence-corrected chi connectivity index (χ2v) is 4.57. The van der Waals surface area contributed by atoms with E-state index in [1.807, 2.05) is 19.1 Å². The molecule has 1 unspecified atom stereocenters. The molecule has 3 N–H and O–H groups in total. The van der Waals surface area contributed by atoms with Crippen LogP contribution in [-0.4, -0.2) is 37.4 Å². The van der Waals surface area contributed by atoms with E-state index in [1.54, 1.807) is 31.1 Å². The van der Waals surface area contributed by atoms with Crippen molar-refractivity contribution in [1.29, 1.82) is 0 Å². The summed E-state index contributed by atoms with van der Waals surface area (Å²) in [7, 11) is 3.29. The van der Waals surface area contributed by atoms with Crippen molar-refractivity contribution < 1.29 is 9.59 Å². The van der Waals surface area contributed by atoms with Crippen LogP contribution in [0.2, 0.25) is 0 Å². The van der Waals surface area contributed by atoms with Crippen LogP contribution in [-0.2, 0) is 9.59 Å². The lowest BCUT2D eigenvalue weighted by Crippen LogP contribution is -2.34. The fraction of sp³-hybridized carbons (Fsp3) is 0.429. The van der Waals surface area contributed by atoms with Gasteiger partial charge in [0.25, 0.3) is 0 Å². The van der Waals surface area contributed by atoms with Crippen molar-refractivity contribution in [2.24, 2.45) is 0 Å². The quantitative estimate of drug-likeness (QED) is 0.777. The number of benzene rings is 1. The Kier molecular flexibility index (Phi) is 5.36. The Hall–Kier alpha value is -2.04. The summed E-state index contributed by atoms with van der Waals surface area (Å²) in [6.45, 7) is 2.25. The molecule has 0 fully saturated rings. The number of nitrogens with zero attached hydrogens (tertiary/aromatic N) is 1. The van der Waals surface area contributed by atoms with Crippen LogP contribution < -0.4 is 11.1 Å². The van der Waals surface area contributed by atoms with Gasteiger partial charge in [-0.3, -0.25) is 9.59 Å². The third-order valence-electron chi connectivity index (χ3n) is 3.11. The van der Waals surface area contributed by atoms with Crippen LogP contribution >= 0.6 is 0 Å². The SMILES string of the molecule is CNC(=O)CCN(C)C(=O)C(C)c1cccc(N)c1. The number of carbonyl (C=O) groups is 2. The Labute approximate surface area is 113 Å². The van der Waals surface area contributed by atoms with Crippen molar-refractivity contribution in [3.63, 3.8) is 0 Å². The van der Waals surface area contributed by atoms with Gasteiger partial charge < -0.3 is 16.0 Å². The molecular weight excluding hydrogens is 242 g/mol. The highest BCUT2D eigenvalue weighted by Crippen LogP contribution is 2.19. The molecule has 0 heterocycles. The molecule has 0 saturated heterocycles. The molecule has 1 aromatic rings. The van der Waals surface area contributed by atoms with E-state index in [0.29, 0.717) is 18.7 Å². The summed E-state index contributed by atoms with van der Waals surface area (Å²) >= 11 is 0. The summed E-state index contributed by atoms with van der Waals surface area (Å²) in [4.78, 5) is 24.9. The minimum Gasteiger partial charge on any atom is -0.399 e. The Balaban J connectivity index is 2.63. The zero-order chi connectivity index (χ0) is 14.4. The van der Waals surface area contributed by atoms with Crippen molar-refractivity contribution in [3.8, 4) is 0 Å². The van der Waals surface area contributed by atoms with E-state index in [0.717, 1.165) is 5.56 Å². The van der Waals surface area contributed by atoms with Gasteiger partial charge in [-0.15, -0.1) is 0 Å². The van der Waals surface area contributed by atoms with Crippen LogP contribution in [0, 0.1) is 0 Å². The van der Waals surface area contributed by atoms with E-state index in [9.17, 15) is 9.59 Å². The van der Waals surface area contributed by atoms with Gasteiger partial charge in [-0.1, -0.05) is 12.1 Å². The summed E-state index contributed by atoms with van der Waals surface area (Å²) in [5, 5.41) is 2.53. The minimum atomic E-state index is -0.266. The molecule has 1 rings (SSSR count). The van der Waals surface area contributed by atoms with Gasteiger partial charge in [0, 0.05) is 32.7 Å². The molecular formula is C14H21N3O2. The number of nitrogens with two attached hydrogens (primary N) is 1. The molecule has 0 aliphatic heterocycles. The van der Waals surface area contributed by atoms with Crippen molar-refractivity contribution >= 4 is 17.5 Å². The molecule has 0 aliphatic carbocycles. The van der Waals surface area contributed by atoms with Gasteiger partial charge in [-0.2, -0.15) is 0 Å². The van der Waals surface area contributed by atoms with Crippen molar-refractivity contribution in [1.82, 2.24) is 10.2 Å². The van der Waals surface area contributed by atoms with E-state index in [2.05, 4.69) is 5.32 Å². The lowest BCUT2D eigenvalue weighted by atomic mass is 9.99. The molecule has 2 amide bonds. The molecule has 0 saturated carbocycles. The van der Waals surface area contributed by atoms with Gasteiger partial charge in [-0.05, 0) is 24.6 Å². The first-order chi connectivity index (χ1) is 8.95. The second kappa shape index (κ2) is 6.78. The van der Waals surface area contributed by atoms with E-state index >= 15 is 0 Å². The number of nitrogens with one attached hydrogen (secondary N) is 1. The molecule has 1 atom stereocenters. The number of amides is 2. The third-order valence-corrected chi connectivity index (χ3v) is 3.11. The van der Waals surface area contributed by atoms with Gasteiger partial charge >= 0.3 is 0 Å². The van der Waals surface area contributed by atoms with Crippen LogP contribution in [0.3, 0.4) is 0 Å². The monoisotopic (exact) mass is 263 g/mol. The largest absolute Gasteiger partial charge is 0.399 e. The van der Waals surface area contributed by atoms with E-state index in [-0.39, 0.29) is 17.7 Å². The maximum Gasteiger partial charge on any atom is 0.229 e. The maximum atomic E-state index is 12.2. The van der Waals surface area contributed by atoms with Gasteiger partial charge in [0.1, 0.15) is 0 Å². The zero-order valence-corrected chi connectivity index (χ0v) is 11.6. The predicted octanol–water partition coefficient (Wildman–Crippen LogP) is 0.967. The van der Waals surface area contributed by atoms with Gasteiger partial charge in [-0.25, -0.2) is 0 Å². The standard InChI is InChI=1S/C14H21N3O2/c1-10(11-5-4-6-12(15)9-11)14(19)17(3)8-7-13(18)16-2/h4-6,9-10H,7-8,15H2,1-3H3,(H,16,18). The number of nitrogen functional groups attached to an aromatic ring is 1. The Morgan fingerprint density at radius 1 is 1.42 bits per heavy atom. The van der Waals surface area contributed by atoms with Crippen molar-refractivity contribution in [2.75, 3.05) is 26.4 Å². The minimum absolute atomic E-state index is 0.0190. The van der Waals surface area contributed by atoms with Crippen molar-refractivity contribution in [2.45, 2.75) is 19.3 Å². The normalized spacial score (nSPS) is 11.7. The summed E-state index contributed by atoms with van der Waals surface area (Å²) in [5.74, 6) is -0.357. The summed E-state index contributed by atoms with van der Waals surface area (Å²) in [5.41, 5.74) is 7.24. The van der Waals surface area contributed by atoms with Gasteiger partial charge in [0.2, 0.25) is 11.8 Å². The van der Waals surface area contributed by atoms with Crippen LogP contribution in [0.5, 0.6) is 0 Å². The Morgan fingerprint density at radius 2 is 2.11 bits per heavy atom. The second-order valence-electron chi connectivity index (χ2n) is 4.57. The van der Waals surface area contributed by atoms with E-state index in [4.69, 9.17) is 5.73 Å². The van der Waals surface area contributed by atoms with Crippen molar-refractivity contribution in [3.05, 3.63) is 29.8 Å². The summed E-state index contributed by atoms with van der Waals surface area (Å²) < 4.78 is 0. The first-order valence-corrected chi connectivity index (χ1v) is 6.26. The fourth-order valence-corrected chi connectivity index (χ4v) is 1.81. The number of hydrogen-bond acceptors (Lipinski definition) is 3. The van der Waals surface area contributed by atoms with Crippen LogP contribution in [0.4, 0.5) is 5.69 Å². The van der Waals surface area contributed by atoms with E-state index < -0.39 is 0 Å². The predicted molar refractivity (Wildman–Crippen MR) is 75.6 cm³/mol. The molecule has 5 heteroatoms. The molecule has 1 aromatic carbocycles. The molecule has 0 radical (unpaired) electrons. The highest BCUT2D eigenvalue weighted by atomic mass is 16.2. The summed E-state index contributed by atoms with van der Waals surface area (Å²) in [6.07, 6.45) is 0.308. The molecule has 0 bridgehead atoms. The topological polar surface area (TPSA) is 75.4 Å². The lowest BCUT2D eigenvalue weighted by Gasteiger charge is -2.21. The Bertz CT molecular complexity index is 460. The van der Waals surface area contributed by atoms with E-state index in [1.165, 1.54) is 0 Å². The number of hydrogen-bond donors (Lipinski definition) is 2. The number of rotatable bonds is 5. The molecule has 5 nitrogen and oxygen atoms in total.